The number of nitrogens with one attached hydrogen (secondary N) is 12. The van der Waals surface area contributed by atoms with Crippen LogP contribution in [0.4, 0.5) is 4.79 Å². The number of ether oxygens (including phenoxy) is 1. The number of carbonyl (C=O) groups excluding carboxylic acids is 14. The second-order valence-corrected chi connectivity index (χ2v) is 30.1. The molecule has 0 spiro atoms. The third-order valence-corrected chi connectivity index (χ3v) is 20.1. The smallest absolute Gasteiger partial charge is 0.345 e. The standard InChI is InChI=1S/C80H112N20O19S/c1-45(2)42-60-75(112)91-55(25-32-81)70(107)90-58(28-35-84)74(111)97-67(47(4)101)77(114)88-37-29-59(73(110)89-56(26-33-82)72(109)95-61(76(113)94-60)43-49-14-8-7-9-15-49)92-71(108)57(27-34-83)93-78(115)68(48(5)102)96-65(104)31-41-119-66(105)30-39-99(40-38-87-64(103)24-19-46(3)79(116)117)80(118)100-62-44-51(120-63-18-11-10-17-53(63)69(106)85-6)21-22-52(62)54(98-100)23-20-50-16-12-13-36-86-50/h7-18,20-23,36,44-48,55-61,67-68,101-102H,19,24-35,37-43,81-84H2,1-6H3,(H,85,106)(H,87,103)(H,88,114)(H,89,110)(H,90,107)(H,91,112)(H,92,108)(H,93,115)(H,94,113)(H,95,109)(H,96,104)(H,97,111)(H,116,117)/b23-20+/t46-,47+,48+,55-,56-,57-,58-,59-,60-,61+,67?,68-/m0/s1. The molecule has 5 aromatic rings. The molecule has 0 bridgehead atoms. The number of fused-ring (bicyclic) bond motifs is 1. The van der Waals surface area contributed by atoms with Crippen LogP contribution < -0.4 is 86.7 Å². The Morgan fingerprint density at radius 1 is 0.650 bits per heavy atom. The molecule has 3 heterocycles. The number of pyridine rings is 1. The van der Waals surface area contributed by atoms with Gasteiger partial charge in [0, 0.05) is 67.4 Å². The Balaban J connectivity index is 1.21. The number of amides is 13. The van der Waals surface area contributed by atoms with E-state index >= 15 is 0 Å². The van der Waals surface area contributed by atoms with E-state index in [4.69, 9.17) is 32.8 Å². The highest BCUT2D eigenvalue weighted by atomic mass is 32.2. The van der Waals surface area contributed by atoms with Crippen molar-refractivity contribution in [2.75, 3.05) is 66.0 Å². The molecule has 40 heteroatoms. The van der Waals surface area contributed by atoms with Gasteiger partial charge in [-0.25, -0.2) is 4.79 Å². The maximum Gasteiger partial charge on any atom is 0.345 e. The molecule has 1 unspecified atom stereocenters. The van der Waals surface area contributed by atoms with Gasteiger partial charge in [-0.3, -0.25) is 72.1 Å². The molecule has 2 aromatic heterocycles. The van der Waals surface area contributed by atoms with Gasteiger partial charge in [-0.2, -0.15) is 9.78 Å². The number of carboxylic acids is 1. The summed E-state index contributed by atoms with van der Waals surface area (Å²) in [7, 11) is 1.51. The molecule has 23 N–H and O–H groups in total. The minimum absolute atomic E-state index is 0.00926. The summed E-state index contributed by atoms with van der Waals surface area (Å²) >= 11 is 1.25. The highest BCUT2D eigenvalue weighted by molar-refractivity contribution is 7.99. The van der Waals surface area contributed by atoms with Crippen molar-refractivity contribution in [3.8, 4) is 0 Å². The molecule has 1 fully saturated rings. The van der Waals surface area contributed by atoms with Gasteiger partial charge in [0.15, 0.2) is 0 Å². The molecule has 12 atom stereocenters. The molecule has 1 aliphatic heterocycles. The quantitative estimate of drug-likeness (QED) is 0.0185. The summed E-state index contributed by atoms with van der Waals surface area (Å²) in [6, 6.07) is 10.9. The first-order chi connectivity index (χ1) is 57.3. The van der Waals surface area contributed by atoms with Crippen molar-refractivity contribution < 1.29 is 92.0 Å². The van der Waals surface area contributed by atoms with Crippen LogP contribution in [0.15, 0.2) is 107 Å². The number of nitrogens with zero attached hydrogens (tertiary/aromatic N) is 4. The summed E-state index contributed by atoms with van der Waals surface area (Å²) in [5.41, 5.74) is 25.9. The van der Waals surface area contributed by atoms with Gasteiger partial charge in [0.05, 0.1) is 53.4 Å². The molecule has 652 valence electrons. The Bertz CT molecular complexity index is 4380. The van der Waals surface area contributed by atoms with E-state index in [9.17, 15) is 87.2 Å². The zero-order valence-corrected chi connectivity index (χ0v) is 68.7. The first-order valence-corrected chi connectivity index (χ1v) is 40.4. The number of carbonyl (C=O) groups is 15. The Hall–Kier alpha value is -11.8. The number of nitrogens with two attached hydrogens (primary N) is 4. The highest BCUT2D eigenvalue weighted by Gasteiger charge is 2.38. The van der Waals surface area contributed by atoms with Gasteiger partial charge in [-0.1, -0.05) is 81.1 Å². The molecule has 13 amide bonds. The molecule has 1 saturated heterocycles. The van der Waals surface area contributed by atoms with Crippen LogP contribution >= 0.6 is 11.8 Å². The molecule has 0 saturated carbocycles. The van der Waals surface area contributed by atoms with Crippen LogP contribution in [0.2, 0.25) is 0 Å². The molecule has 6 rings (SSSR count). The lowest BCUT2D eigenvalue weighted by atomic mass is 10.00. The molecule has 3 aromatic carbocycles. The molecule has 1 aliphatic rings. The highest BCUT2D eigenvalue weighted by Crippen LogP contribution is 2.34. The van der Waals surface area contributed by atoms with Crippen molar-refractivity contribution in [2.24, 2.45) is 34.8 Å². The van der Waals surface area contributed by atoms with Gasteiger partial charge in [0.2, 0.25) is 65.0 Å². The summed E-state index contributed by atoms with van der Waals surface area (Å²) in [4.78, 5) is 215. The van der Waals surface area contributed by atoms with Crippen LogP contribution in [-0.2, 0) is 73.5 Å². The Morgan fingerprint density at radius 3 is 1.87 bits per heavy atom. The fourth-order valence-electron chi connectivity index (χ4n) is 12.4. The van der Waals surface area contributed by atoms with Gasteiger partial charge < -0.3 is 112 Å². The van der Waals surface area contributed by atoms with E-state index in [0.29, 0.717) is 43.2 Å². The number of rotatable bonds is 37. The van der Waals surface area contributed by atoms with E-state index in [1.807, 2.05) is 0 Å². The lowest BCUT2D eigenvalue weighted by Gasteiger charge is -2.28. The minimum atomic E-state index is -1.82. The topological polar surface area (TPSA) is 608 Å². The van der Waals surface area contributed by atoms with Crippen molar-refractivity contribution in [3.05, 3.63) is 120 Å². The van der Waals surface area contributed by atoms with Crippen molar-refractivity contribution in [1.82, 2.24) is 83.5 Å². The third kappa shape index (κ3) is 30.8. The van der Waals surface area contributed by atoms with E-state index in [2.05, 4.69) is 68.8 Å². The number of aliphatic carboxylic acids is 1. The predicted octanol–water partition coefficient (Wildman–Crippen LogP) is -2.35. The van der Waals surface area contributed by atoms with Crippen molar-refractivity contribution in [2.45, 2.75) is 182 Å². The van der Waals surface area contributed by atoms with Crippen molar-refractivity contribution in [3.63, 3.8) is 0 Å². The minimum Gasteiger partial charge on any atom is -0.481 e. The van der Waals surface area contributed by atoms with Crippen molar-refractivity contribution >= 4 is 124 Å². The zero-order chi connectivity index (χ0) is 88.1. The zero-order valence-electron chi connectivity index (χ0n) is 67.9. The lowest BCUT2D eigenvalue weighted by molar-refractivity contribution is -0.145. The molecular weight excluding hydrogens is 1580 g/mol. The Kier molecular flexibility index (Phi) is 40.0. The molecule has 39 nitrogen and oxygen atoms in total. The lowest BCUT2D eigenvalue weighted by Crippen LogP contribution is -2.61. The maximum atomic E-state index is 15.0. The number of esters is 1. The molecule has 0 radical (unpaired) electrons. The van der Waals surface area contributed by atoms with Gasteiger partial charge in [-0.05, 0) is 151 Å². The van der Waals surface area contributed by atoms with Crippen LogP contribution in [0.25, 0.3) is 23.1 Å². The van der Waals surface area contributed by atoms with Crippen LogP contribution in [0.3, 0.4) is 0 Å². The first kappa shape index (κ1) is 97.0. The van der Waals surface area contributed by atoms with Crippen LogP contribution in [-0.4, -0.2) is 256 Å². The van der Waals surface area contributed by atoms with Gasteiger partial charge in [-0.15, -0.1) is 0 Å². The second-order valence-electron chi connectivity index (χ2n) is 29.0. The summed E-state index contributed by atoms with van der Waals surface area (Å²) in [5.74, 6) is -13.8. The fourth-order valence-corrected chi connectivity index (χ4v) is 13.4. The molecular formula is C80H112N20O19S. The maximum absolute atomic E-state index is 15.0. The fraction of sp³-hybridized carbons (Fsp3) is 0.487. The van der Waals surface area contributed by atoms with Crippen LogP contribution in [0, 0.1) is 11.8 Å². The van der Waals surface area contributed by atoms with E-state index < -0.39 is 188 Å². The third-order valence-electron chi connectivity index (χ3n) is 19.0. The Labute approximate surface area is 698 Å². The molecule has 0 aliphatic carbocycles. The number of carboxylic acid groups (broad SMARTS) is 1. The number of hydrogen-bond donors (Lipinski definition) is 19. The molecule has 120 heavy (non-hydrogen) atoms. The number of hydrogen-bond acceptors (Lipinski definition) is 25. The first-order valence-electron chi connectivity index (χ1n) is 39.6. The monoisotopic (exact) mass is 1690 g/mol. The largest absolute Gasteiger partial charge is 0.481 e. The summed E-state index contributed by atoms with van der Waals surface area (Å²) in [6.07, 6.45) is -1.29. The van der Waals surface area contributed by atoms with E-state index in [1.54, 1.807) is 123 Å². The SMILES string of the molecule is CNC(=O)c1ccccc1Sc1ccc2c(/C=C/c3ccccn3)nn(C(=O)N(CCNC(=O)CC[C@H](C)C(=O)O)CCC(=O)OCCC(=O)N[C@H](C(=O)N[C@@H](CCN)C(=O)N[C@H]3CCNC(=O)C([C@@H](C)O)NC(=O)[C@H](CCN)NC(=O)[C@H](CCN)NC(=O)[C@H](CC(C)C)NC(=O)[C@@H](Cc4ccccc4)NC(=O)[C@H](CCN)NC3=O)[C@@H](C)O)c2c1. The van der Waals surface area contributed by atoms with Crippen LogP contribution in [0.1, 0.15) is 126 Å². The summed E-state index contributed by atoms with van der Waals surface area (Å²) in [6.45, 7) is 4.54. The summed E-state index contributed by atoms with van der Waals surface area (Å²) < 4.78 is 6.56. The van der Waals surface area contributed by atoms with Crippen molar-refractivity contribution in [1.29, 1.82) is 0 Å². The number of aliphatic hydroxyl groups excluding tert-OH is 2. The Morgan fingerprint density at radius 2 is 1.26 bits per heavy atom. The second kappa shape index (κ2) is 49.5. The number of aliphatic hydroxyl groups is 2. The van der Waals surface area contributed by atoms with E-state index in [1.165, 1.54) is 37.6 Å². The van der Waals surface area contributed by atoms with Crippen LogP contribution in [0.5, 0.6) is 0 Å². The number of benzene rings is 3. The average Bonchev–Trinajstić information content (AvgIpc) is 1.62. The van der Waals surface area contributed by atoms with E-state index in [0.717, 1.165) is 11.6 Å². The normalized spacial score (nSPS) is 19.2. The van der Waals surface area contributed by atoms with Gasteiger partial charge in [0.25, 0.3) is 5.91 Å². The number of aromatic nitrogens is 3. The summed E-state index contributed by atoms with van der Waals surface area (Å²) in [5, 5.41) is 67.1. The van der Waals surface area contributed by atoms with Gasteiger partial charge >= 0.3 is 18.0 Å². The average molecular weight is 1690 g/mol. The predicted molar refractivity (Wildman–Crippen MR) is 441 cm³/mol. The van der Waals surface area contributed by atoms with E-state index in [-0.39, 0.29) is 109 Å². The van der Waals surface area contributed by atoms with Gasteiger partial charge in [0.1, 0.15) is 61.0 Å².